The molecule has 1 aliphatic carbocycles. The highest BCUT2D eigenvalue weighted by atomic mass is 16.5. The van der Waals surface area contributed by atoms with E-state index in [2.05, 4.69) is 0 Å². The molecule has 1 aliphatic rings. The van der Waals surface area contributed by atoms with Gasteiger partial charge < -0.3 is 9.47 Å². The summed E-state index contributed by atoms with van der Waals surface area (Å²) in [5.74, 6) is 1.07. The minimum Gasteiger partial charge on any atom is -0.496 e. The van der Waals surface area contributed by atoms with Gasteiger partial charge in [-0.25, -0.2) is 0 Å². The molecule has 116 valence electrons. The van der Waals surface area contributed by atoms with E-state index in [0.717, 1.165) is 24.0 Å². The fourth-order valence-corrected chi connectivity index (χ4v) is 3.50. The van der Waals surface area contributed by atoms with Crippen LogP contribution >= 0.6 is 0 Å². The molecular weight excluding hydrogens is 264 g/mol. The number of benzene rings is 1. The molecule has 1 aromatic rings. The summed E-state index contributed by atoms with van der Waals surface area (Å²) >= 11 is 0. The number of hydrogen-bond donors (Lipinski definition) is 0. The quantitative estimate of drug-likeness (QED) is 0.766. The van der Waals surface area contributed by atoms with E-state index in [9.17, 15) is 4.79 Å². The number of ketones is 1. The number of carbonyl (C=O) groups excluding carboxylic acids is 1. The van der Waals surface area contributed by atoms with Gasteiger partial charge in [0.2, 0.25) is 0 Å². The van der Waals surface area contributed by atoms with Gasteiger partial charge in [-0.3, -0.25) is 4.79 Å². The average molecular weight is 290 g/mol. The second-order valence-corrected chi connectivity index (χ2v) is 6.08. The Morgan fingerprint density at radius 3 is 2.38 bits per heavy atom. The van der Waals surface area contributed by atoms with Crippen molar-refractivity contribution in [2.45, 2.75) is 52.1 Å². The molecule has 1 fully saturated rings. The molecule has 0 N–H and O–H groups in total. The minimum absolute atomic E-state index is 0.0683. The first kappa shape index (κ1) is 16.0. The van der Waals surface area contributed by atoms with Crippen LogP contribution in [0, 0.1) is 19.8 Å². The van der Waals surface area contributed by atoms with Crippen LogP contribution in [0.4, 0.5) is 0 Å². The van der Waals surface area contributed by atoms with Crippen molar-refractivity contribution in [3.8, 4) is 5.75 Å². The molecule has 0 aromatic heterocycles. The van der Waals surface area contributed by atoms with Gasteiger partial charge in [-0.05, 0) is 49.8 Å². The molecule has 0 saturated heterocycles. The number of ether oxygens (including phenoxy) is 2. The standard InChI is InChI=1S/C18H26O3/c1-12-10-13(2)16(15(11-12)20-3)17(19)18(21-4)14-8-6-5-7-9-14/h10-11,14,18H,5-9H2,1-4H3. The predicted octanol–water partition coefficient (Wildman–Crippen LogP) is 4.09. The zero-order valence-corrected chi connectivity index (χ0v) is 13.6. The van der Waals surface area contributed by atoms with Crippen LogP contribution in [0.5, 0.6) is 5.75 Å². The number of methoxy groups -OCH3 is 2. The van der Waals surface area contributed by atoms with Gasteiger partial charge in [0.1, 0.15) is 11.9 Å². The van der Waals surface area contributed by atoms with Crippen LogP contribution in [0.1, 0.15) is 53.6 Å². The topological polar surface area (TPSA) is 35.5 Å². The number of hydrogen-bond acceptors (Lipinski definition) is 3. The van der Waals surface area contributed by atoms with Gasteiger partial charge in [0.25, 0.3) is 0 Å². The summed E-state index contributed by atoms with van der Waals surface area (Å²) < 4.78 is 11.0. The predicted molar refractivity (Wildman–Crippen MR) is 84.2 cm³/mol. The van der Waals surface area contributed by atoms with E-state index < -0.39 is 0 Å². The zero-order chi connectivity index (χ0) is 15.4. The summed E-state index contributed by atoms with van der Waals surface area (Å²) in [5, 5.41) is 0. The van der Waals surface area contributed by atoms with Crippen molar-refractivity contribution < 1.29 is 14.3 Å². The summed E-state index contributed by atoms with van der Waals surface area (Å²) in [6.45, 7) is 3.98. The second kappa shape index (κ2) is 7.08. The molecule has 1 saturated carbocycles. The molecule has 0 heterocycles. The highest BCUT2D eigenvalue weighted by molar-refractivity contribution is 6.03. The molecule has 3 heteroatoms. The maximum Gasteiger partial charge on any atom is 0.195 e. The van der Waals surface area contributed by atoms with Crippen molar-refractivity contribution in [2.75, 3.05) is 14.2 Å². The van der Waals surface area contributed by atoms with Gasteiger partial charge in [-0.2, -0.15) is 0 Å². The summed E-state index contributed by atoms with van der Waals surface area (Å²) in [6.07, 6.45) is 5.48. The van der Waals surface area contributed by atoms with Gasteiger partial charge in [0.15, 0.2) is 5.78 Å². The van der Waals surface area contributed by atoms with Crippen LogP contribution in [0.3, 0.4) is 0 Å². The first-order chi connectivity index (χ1) is 10.1. The maximum absolute atomic E-state index is 13.0. The Labute approximate surface area is 127 Å². The van der Waals surface area contributed by atoms with Crippen molar-refractivity contribution in [1.29, 1.82) is 0 Å². The lowest BCUT2D eigenvalue weighted by Crippen LogP contribution is -2.33. The first-order valence-corrected chi connectivity index (χ1v) is 7.80. The van der Waals surface area contributed by atoms with E-state index in [1.165, 1.54) is 19.3 Å². The third-order valence-corrected chi connectivity index (χ3v) is 4.50. The van der Waals surface area contributed by atoms with E-state index >= 15 is 0 Å². The number of Topliss-reactive ketones (excluding diaryl/α,β-unsaturated/α-hetero) is 1. The molecule has 1 unspecified atom stereocenters. The molecule has 2 rings (SSSR count). The maximum atomic E-state index is 13.0. The summed E-state index contributed by atoms with van der Waals surface area (Å²) in [4.78, 5) is 13.0. The minimum atomic E-state index is -0.347. The molecule has 0 radical (unpaired) electrons. The largest absolute Gasteiger partial charge is 0.496 e. The smallest absolute Gasteiger partial charge is 0.195 e. The molecule has 3 nitrogen and oxygen atoms in total. The Morgan fingerprint density at radius 1 is 1.14 bits per heavy atom. The SMILES string of the molecule is COc1cc(C)cc(C)c1C(=O)C(OC)C1CCCCC1. The van der Waals surface area contributed by atoms with Crippen LogP contribution < -0.4 is 4.74 Å². The molecule has 1 atom stereocenters. The molecule has 0 spiro atoms. The van der Waals surface area contributed by atoms with E-state index in [0.29, 0.717) is 17.2 Å². The summed E-state index contributed by atoms with van der Waals surface area (Å²) in [6, 6.07) is 3.96. The van der Waals surface area contributed by atoms with Crippen LogP contribution in [0.2, 0.25) is 0 Å². The van der Waals surface area contributed by atoms with Crippen LogP contribution in [-0.4, -0.2) is 26.1 Å². The zero-order valence-electron chi connectivity index (χ0n) is 13.6. The second-order valence-electron chi connectivity index (χ2n) is 6.08. The molecule has 0 amide bonds. The van der Waals surface area contributed by atoms with Crippen molar-refractivity contribution in [1.82, 2.24) is 0 Å². The Morgan fingerprint density at radius 2 is 1.81 bits per heavy atom. The fraction of sp³-hybridized carbons (Fsp3) is 0.611. The molecular formula is C18H26O3. The monoisotopic (exact) mass is 290 g/mol. The highest BCUT2D eigenvalue weighted by Gasteiger charge is 2.32. The lowest BCUT2D eigenvalue weighted by Gasteiger charge is -2.29. The molecule has 1 aromatic carbocycles. The highest BCUT2D eigenvalue weighted by Crippen LogP contribution is 2.32. The molecule has 0 aliphatic heterocycles. The van der Waals surface area contributed by atoms with E-state index in [1.54, 1.807) is 14.2 Å². The third-order valence-electron chi connectivity index (χ3n) is 4.50. The van der Waals surface area contributed by atoms with Crippen molar-refractivity contribution in [3.63, 3.8) is 0 Å². The van der Waals surface area contributed by atoms with Gasteiger partial charge in [0.05, 0.1) is 12.7 Å². The molecule has 0 bridgehead atoms. The van der Waals surface area contributed by atoms with Gasteiger partial charge in [-0.15, -0.1) is 0 Å². The lowest BCUT2D eigenvalue weighted by atomic mass is 9.81. The number of carbonyl (C=O) groups is 1. The fourth-order valence-electron chi connectivity index (χ4n) is 3.50. The van der Waals surface area contributed by atoms with E-state index in [-0.39, 0.29) is 11.9 Å². The lowest BCUT2D eigenvalue weighted by molar-refractivity contribution is 0.0311. The Bertz CT molecular complexity index is 501. The van der Waals surface area contributed by atoms with Crippen LogP contribution in [-0.2, 0) is 4.74 Å². The Hall–Kier alpha value is -1.35. The van der Waals surface area contributed by atoms with E-state index in [4.69, 9.17) is 9.47 Å². The number of rotatable bonds is 5. The van der Waals surface area contributed by atoms with Crippen molar-refractivity contribution in [3.05, 3.63) is 28.8 Å². The third kappa shape index (κ3) is 3.46. The van der Waals surface area contributed by atoms with Gasteiger partial charge in [0, 0.05) is 7.11 Å². The Balaban J connectivity index is 2.33. The van der Waals surface area contributed by atoms with Crippen molar-refractivity contribution in [2.24, 2.45) is 5.92 Å². The first-order valence-electron chi connectivity index (χ1n) is 7.80. The van der Waals surface area contributed by atoms with E-state index in [1.807, 2.05) is 26.0 Å². The van der Waals surface area contributed by atoms with Crippen LogP contribution in [0.15, 0.2) is 12.1 Å². The van der Waals surface area contributed by atoms with Crippen LogP contribution in [0.25, 0.3) is 0 Å². The average Bonchev–Trinajstić information content (AvgIpc) is 2.48. The van der Waals surface area contributed by atoms with Gasteiger partial charge in [-0.1, -0.05) is 25.3 Å². The Kier molecular flexibility index (Phi) is 5.40. The summed E-state index contributed by atoms with van der Waals surface area (Å²) in [5.41, 5.74) is 2.75. The van der Waals surface area contributed by atoms with Crippen molar-refractivity contribution >= 4 is 5.78 Å². The molecule has 21 heavy (non-hydrogen) atoms. The summed E-state index contributed by atoms with van der Waals surface area (Å²) in [7, 11) is 3.26. The van der Waals surface area contributed by atoms with Gasteiger partial charge >= 0.3 is 0 Å². The normalized spacial score (nSPS) is 17.5. The number of aryl methyl sites for hydroxylation is 2.